The molecule has 2 aromatic rings. The smallest absolute Gasteiger partial charge is 0.243 e. The summed E-state index contributed by atoms with van der Waals surface area (Å²) in [6, 6.07) is 9.10. The fraction of sp³-hybridized carbons (Fsp3) is 0.0909. The molecule has 0 saturated carbocycles. The SMILES string of the molecule is Nc1nc(N)nc(NCC(=O)Nc2ccccc2)n1. The summed E-state index contributed by atoms with van der Waals surface area (Å²) >= 11 is 0. The Morgan fingerprint density at radius 3 is 2.32 bits per heavy atom. The van der Waals surface area contributed by atoms with Crippen LogP contribution < -0.4 is 22.1 Å². The Morgan fingerprint density at radius 1 is 1.05 bits per heavy atom. The van der Waals surface area contributed by atoms with Crippen molar-refractivity contribution in [2.45, 2.75) is 0 Å². The number of hydrogen-bond acceptors (Lipinski definition) is 7. The second-order valence-corrected chi connectivity index (χ2v) is 3.64. The van der Waals surface area contributed by atoms with Gasteiger partial charge in [-0.05, 0) is 12.1 Å². The van der Waals surface area contributed by atoms with Crippen LogP contribution in [-0.4, -0.2) is 27.4 Å². The normalized spacial score (nSPS) is 9.89. The van der Waals surface area contributed by atoms with Crippen molar-refractivity contribution in [2.24, 2.45) is 0 Å². The molecule has 1 aromatic carbocycles. The molecule has 1 heterocycles. The number of anilines is 4. The van der Waals surface area contributed by atoms with Crippen LogP contribution in [0.1, 0.15) is 0 Å². The lowest BCUT2D eigenvalue weighted by Crippen LogP contribution is -2.23. The maximum Gasteiger partial charge on any atom is 0.243 e. The van der Waals surface area contributed by atoms with Crippen molar-refractivity contribution in [3.05, 3.63) is 30.3 Å². The summed E-state index contributed by atoms with van der Waals surface area (Å²) in [5.41, 5.74) is 11.5. The van der Waals surface area contributed by atoms with Gasteiger partial charge in [0.05, 0.1) is 6.54 Å². The summed E-state index contributed by atoms with van der Waals surface area (Å²) in [5, 5.41) is 5.42. The van der Waals surface area contributed by atoms with Crippen LogP contribution in [-0.2, 0) is 4.79 Å². The topological polar surface area (TPSA) is 132 Å². The highest BCUT2D eigenvalue weighted by molar-refractivity contribution is 5.93. The standard InChI is InChI=1S/C11H13N7O/c12-9-16-10(13)18-11(17-9)14-6-8(19)15-7-4-2-1-3-5-7/h1-5H,6H2,(H,15,19)(H5,12,13,14,16,17,18). The molecule has 0 unspecified atom stereocenters. The van der Waals surface area contributed by atoms with Gasteiger partial charge in [0, 0.05) is 5.69 Å². The Balaban J connectivity index is 1.90. The summed E-state index contributed by atoms with van der Waals surface area (Å²) in [5.74, 6) is -0.0751. The number of benzene rings is 1. The number of hydrogen-bond donors (Lipinski definition) is 4. The van der Waals surface area contributed by atoms with E-state index in [9.17, 15) is 4.79 Å². The lowest BCUT2D eigenvalue weighted by atomic mass is 10.3. The summed E-state index contributed by atoms with van der Waals surface area (Å²) in [6.45, 7) is -0.00219. The van der Waals surface area contributed by atoms with Gasteiger partial charge in [0.15, 0.2) is 0 Å². The zero-order valence-corrected chi connectivity index (χ0v) is 10.00. The number of nitrogens with zero attached hydrogens (tertiary/aromatic N) is 3. The minimum Gasteiger partial charge on any atom is -0.368 e. The van der Waals surface area contributed by atoms with Crippen molar-refractivity contribution in [1.82, 2.24) is 15.0 Å². The number of rotatable bonds is 4. The molecule has 0 aliphatic rings. The van der Waals surface area contributed by atoms with Crippen LogP contribution in [0.4, 0.5) is 23.5 Å². The lowest BCUT2D eigenvalue weighted by Gasteiger charge is -2.07. The highest BCUT2D eigenvalue weighted by Crippen LogP contribution is 2.05. The Kier molecular flexibility index (Phi) is 3.72. The lowest BCUT2D eigenvalue weighted by molar-refractivity contribution is -0.114. The largest absolute Gasteiger partial charge is 0.368 e. The van der Waals surface area contributed by atoms with E-state index in [1.165, 1.54) is 0 Å². The zero-order chi connectivity index (χ0) is 13.7. The number of para-hydroxylation sites is 1. The summed E-state index contributed by atoms with van der Waals surface area (Å²) in [7, 11) is 0. The van der Waals surface area contributed by atoms with Crippen molar-refractivity contribution in [3.8, 4) is 0 Å². The van der Waals surface area contributed by atoms with Crippen molar-refractivity contribution in [3.63, 3.8) is 0 Å². The third-order valence-corrected chi connectivity index (χ3v) is 2.13. The molecule has 0 aliphatic heterocycles. The Hall–Kier alpha value is -2.90. The number of nitrogens with two attached hydrogens (primary N) is 2. The highest BCUT2D eigenvalue weighted by atomic mass is 16.1. The third-order valence-electron chi connectivity index (χ3n) is 2.13. The first-order valence-corrected chi connectivity index (χ1v) is 5.49. The van der Waals surface area contributed by atoms with Gasteiger partial charge in [0.25, 0.3) is 0 Å². The minimum atomic E-state index is -0.233. The Morgan fingerprint density at radius 2 is 1.68 bits per heavy atom. The zero-order valence-electron chi connectivity index (χ0n) is 10.00. The first kappa shape index (κ1) is 12.6. The number of carbonyl (C=O) groups excluding carboxylic acids is 1. The molecule has 98 valence electrons. The molecule has 0 aliphatic carbocycles. The van der Waals surface area contributed by atoms with Crippen LogP contribution in [0.15, 0.2) is 30.3 Å². The van der Waals surface area contributed by atoms with Gasteiger partial charge in [0.1, 0.15) is 0 Å². The molecule has 0 radical (unpaired) electrons. The van der Waals surface area contributed by atoms with Gasteiger partial charge in [0.2, 0.25) is 23.8 Å². The van der Waals surface area contributed by atoms with Gasteiger partial charge in [-0.15, -0.1) is 0 Å². The molecule has 0 saturated heterocycles. The van der Waals surface area contributed by atoms with E-state index in [1.807, 2.05) is 18.2 Å². The Labute approximate surface area is 109 Å². The van der Waals surface area contributed by atoms with Crippen LogP contribution in [0.5, 0.6) is 0 Å². The van der Waals surface area contributed by atoms with Gasteiger partial charge < -0.3 is 22.1 Å². The fourth-order valence-electron chi connectivity index (χ4n) is 1.37. The van der Waals surface area contributed by atoms with Gasteiger partial charge in [-0.2, -0.15) is 15.0 Å². The summed E-state index contributed by atoms with van der Waals surface area (Å²) in [6.07, 6.45) is 0. The van der Waals surface area contributed by atoms with E-state index >= 15 is 0 Å². The van der Waals surface area contributed by atoms with E-state index < -0.39 is 0 Å². The average molecular weight is 259 g/mol. The predicted octanol–water partition coefficient (Wildman–Crippen LogP) is 0.0866. The van der Waals surface area contributed by atoms with E-state index in [0.29, 0.717) is 5.69 Å². The molecule has 0 fully saturated rings. The fourth-order valence-corrected chi connectivity index (χ4v) is 1.37. The summed E-state index contributed by atoms with van der Waals surface area (Å²) < 4.78 is 0. The molecule has 6 N–H and O–H groups in total. The first-order chi connectivity index (χ1) is 9.13. The molecule has 0 bridgehead atoms. The molecular weight excluding hydrogens is 246 g/mol. The predicted molar refractivity (Wildman–Crippen MR) is 72.2 cm³/mol. The van der Waals surface area contributed by atoms with Gasteiger partial charge in [-0.3, -0.25) is 4.79 Å². The van der Waals surface area contributed by atoms with Crippen molar-refractivity contribution >= 4 is 29.4 Å². The van der Waals surface area contributed by atoms with Crippen molar-refractivity contribution in [2.75, 3.05) is 28.6 Å². The van der Waals surface area contributed by atoms with Crippen LogP contribution in [0.25, 0.3) is 0 Å². The first-order valence-electron chi connectivity index (χ1n) is 5.49. The number of amides is 1. The highest BCUT2D eigenvalue weighted by Gasteiger charge is 2.05. The Bertz CT molecular complexity index is 552. The molecule has 2 rings (SSSR count). The number of aromatic nitrogens is 3. The molecule has 8 heteroatoms. The summed E-state index contributed by atoms with van der Waals surface area (Å²) in [4.78, 5) is 22.9. The van der Waals surface area contributed by atoms with Crippen molar-refractivity contribution in [1.29, 1.82) is 0 Å². The van der Waals surface area contributed by atoms with Crippen LogP contribution in [0.2, 0.25) is 0 Å². The van der Waals surface area contributed by atoms with E-state index in [1.54, 1.807) is 12.1 Å². The van der Waals surface area contributed by atoms with Crippen LogP contribution in [0, 0.1) is 0 Å². The third kappa shape index (κ3) is 3.80. The molecule has 0 spiro atoms. The number of carbonyl (C=O) groups is 1. The quantitative estimate of drug-likeness (QED) is 0.611. The van der Waals surface area contributed by atoms with E-state index in [-0.39, 0.29) is 30.3 Å². The van der Waals surface area contributed by atoms with E-state index in [4.69, 9.17) is 11.5 Å². The molecule has 1 aromatic heterocycles. The maximum atomic E-state index is 11.6. The molecule has 1 amide bonds. The molecular formula is C11H13N7O. The maximum absolute atomic E-state index is 11.6. The minimum absolute atomic E-state index is 0.00142. The molecule has 8 nitrogen and oxygen atoms in total. The molecule has 0 atom stereocenters. The van der Waals surface area contributed by atoms with Crippen LogP contribution >= 0.6 is 0 Å². The second-order valence-electron chi connectivity index (χ2n) is 3.64. The van der Waals surface area contributed by atoms with E-state index in [0.717, 1.165) is 0 Å². The molecule has 19 heavy (non-hydrogen) atoms. The van der Waals surface area contributed by atoms with Gasteiger partial charge in [-0.25, -0.2) is 0 Å². The van der Waals surface area contributed by atoms with Crippen LogP contribution in [0.3, 0.4) is 0 Å². The van der Waals surface area contributed by atoms with Gasteiger partial charge in [-0.1, -0.05) is 18.2 Å². The number of nitrogens with one attached hydrogen (secondary N) is 2. The van der Waals surface area contributed by atoms with Gasteiger partial charge >= 0.3 is 0 Å². The second kappa shape index (κ2) is 5.63. The monoisotopic (exact) mass is 259 g/mol. The van der Waals surface area contributed by atoms with Crippen molar-refractivity contribution < 1.29 is 4.79 Å². The average Bonchev–Trinajstić information content (AvgIpc) is 2.36. The van der Waals surface area contributed by atoms with E-state index in [2.05, 4.69) is 25.6 Å². The number of nitrogen functional groups attached to an aromatic ring is 2.